The minimum atomic E-state index is -0.0193. The van der Waals surface area contributed by atoms with Gasteiger partial charge in [-0.05, 0) is 49.6 Å². The number of anilines is 3. The van der Waals surface area contributed by atoms with Crippen LogP contribution >= 0.6 is 0 Å². The molecular formula is C18H21N3O. The fraction of sp³-hybridized carbons (Fsp3) is 0.278. The summed E-state index contributed by atoms with van der Waals surface area (Å²) in [5.74, 6) is -0.0193. The van der Waals surface area contributed by atoms with Crippen LogP contribution in [0.1, 0.15) is 18.9 Å². The molecule has 3 rings (SSSR count). The van der Waals surface area contributed by atoms with Crippen LogP contribution in [0.5, 0.6) is 0 Å². The molecule has 0 bridgehead atoms. The fourth-order valence-electron chi connectivity index (χ4n) is 2.97. The molecule has 4 heteroatoms. The van der Waals surface area contributed by atoms with Crippen molar-refractivity contribution in [3.05, 3.63) is 54.1 Å². The van der Waals surface area contributed by atoms with E-state index in [4.69, 9.17) is 5.73 Å². The molecule has 0 radical (unpaired) electrons. The van der Waals surface area contributed by atoms with Crippen LogP contribution in [0, 0.1) is 0 Å². The molecule has 4 nitrogen and oxygen atoms in total. The van der Waals surface area contributed by atoms with Crippen LogP contribution in [0.3, 0.4) is 0 Å². The van der Waals surface area contributed by atoms with E-state index in [1.54, 1.807) is 12.1 Å². The normalized spacial score (nSPS) is 17.0. The Balaban J connectivity index is 1.73. The number of nitrogen functional groups attached to an aromatic ring is 1. The molecule has 1 aliphatic heterocycles. The lowest BCUT2D eigenvalue weighted by Crippen LogP contribution is -2.42. The summed E-state index contributed by atoms with van der Waals surface area (Å²) in [6.45, 7) is 2.52. The van der Waals surface area contributed by atoms with Crippen LogP contribution in [-0.4, -0.2) is 18.5 Å². The molecule has 1 unspecified atom stereocenters. The Hall–Kier alpha value is -2.49. The van der Waals surface area contributed by atoms with Crippen LogP contribution in [0.4, 0.5) is 17.1 Å². The number of hydrogen-bond donors (Lipinski definition) is 2. The summed E-state index contributed by atoms with van der Waals surface area (Å²) in [6, 6.07) is 15.9. The summed E-state index contributed by atoms with van der Waals surface area (Å²) in [7, 11) is 0. The molecule has 22 heavy (non-hydrogen) atoms. The summed E-state index contributed by atoms with van der Waals surface area (Å²) in [4.78, 5) is 14.5. The highest BCUT2D eigenvalue weighted by Crippen LogP contribution is 2.30. The number of carbonyl (C=O) groups excluding carboxylic acids is 1. The number of nitrogens with one attached hydrogen (secondary N) is 1. The quantitative estimate of drug-likeness (QED) is 0.856. The van der Waals surface area contributed by atoms with Crippen LogP contribution in [-0.2, 0) is 11.2 Å². The number of carbonyl (C=O) groups is 1. The maximum atomic E-state index is 12.4. The first kappa shape index (κ1) is 14.4. The second-order valence-corrected chi connectivity index (χ2v) is 5.82. The highest BCUT2D eigenvalue weighted by molar-refractivity contribution is 5.94. The number of benzene rings is 2. The number of fused-ring (bicyclic) bond motifs is 1. The Morgan fingerprint density at radius 1 is 1.27 bits per heavy atom. The number of hydrogen-bond acceptors (Lipinski definition) is 3. The van der Waals surface area contributed by atoms with E-state index < -0.39 is 0 Å². The molecule has 0 saturated carbocycles. The van der Waals surface area contributed by atoms with Crippen LogP contribution in [0.2, 0.25) is 0 Å². The van der Waals surface area contributed by atoms with Crippen molar-refractivity contribution in [1.82, 2.24) is 0 Å². The van der Waals surface area contributed by atoms with Gasteiger partial charge >= 0.3 is 0 Å². The zero-order valence-corrected chi connectivity index (χ0v) is 12.8. The van der Waals surface area contributed by atoms with Crippen LogP contribution in [0.25, 0.3) is 0 Å². The summed E-state index contributed by atoms with van der Waals surface area (Å²) < 4.78 is 0. The van der Waals surface area contributed by atoms with E-state index in [2.05, 4.69) is 35.3 Å². The highest BCUT2D eigenvalue weighted by Gasteiger charge is 2.24. The van der Waals surface area contributed by atoms with E-state index in [0.29, 0.717) is 18.3 Å². The summed E-state index contributed by atoms with van der Waals surface area (Å²) >= 11 is 0. The van der Waals surface area contributed by atoms with Gasteiger partial charge in [-0.15, -0.1) is 0 Å². The smallest absolute Gasteiger partial charge is 0.243 e. The molecule has 0 spiro atoms. The third-order valence-corrected chi connectivity index (χ3v) is 4.15. The maximum absolute atomic E-state index is 12.4. The van der Waals surface area contributed by atoms with Gasteiger partial charge in [-0.2, -0.15) is 0 Å². The minimum Gasteiger partial charge on any atom is -0.399 e. The van der Waals surface area contributed by atoms with Crippen LogP contribution in [0.15, 0.2) is 48.5 Å². The Labute approximate surface area is 130 Å². The number of para-hydroxylation sites is 1. The van der Waals surface area contributed by atoms with E-state index in [0.717, 1.165) is 18.5 Å². The van der Waals surface area contributed by atoms with Crippen molar-refractivity contribution >= 4 is 23.0 Å². The number of nitrogens with two attached hydrogens (primary N) is 1. The molecule has 1 atom stereocenters. The fourth-order valence-corrected chi connectivity index (χ4v) is 2.97. The minimum absolute atomic E-state index is 0.0193. The lowest BCUT2D eigenvalue weighted by molar-refractivity contribution is -0.115. The monoisotopic (exact) mass is 295 g/mol. The molecule has 0 saturated heterocycles. The van der Waals surface area contributed by atoms with Gasteiger partial charge in [-0.1, -0.05) is 24.3 Å². The third kappa shape index (κ3) is 3.06. The summed E-state index contributed by atoms with van der Waals surface area (Å²) in [6.07, 6.45) is 2.15. The first-order chi connectivity index (χ1) is 10.6. The Kier molecular flexibility index (Phi) is 4.00. The van der Waals surface area contributed by atoms with Gasteiger partial charge < -0.3 is 16.0 Å². The van der Waals surface area contributed by atoms with Crippen molar-refractivity contribution in [2.75, 3.05) is 22.5 Å². The van der Waals surface area contributed by atoms with Crippen LogP contribution < -0.4 is 16.0 Å². The van der Waals surface area contributed by atoms with Gasteiger partial charge in [0.2, 0.25) is 5.91 Å². The van der Waals surface area contributed by atoms with Gasteiger partial charge in [0.05, 0.1) is 6.54 Å². The number of nitrogens with zero attached hydrogens (tertiary/aromatic N) is 1. The van der Waals surface area contributed by atoms with Crippen molar-refractivity contribution in [2.24, 2.45) is 0 Å². The molecule has 0 aliphatic carbocycles. The molecule has 1 amide bonds. The third-order valence-electron chi connectivity index (χ3n) is 4.15. The van der Waals surface area contributed by atoms with E-state index in [9.17, 15) is 4.79 Å². The van der Waals surface area contributed by atoms with Gasteiger partial charge in [-0.3, -0.25) is 4.79 Å². The topological polar surface area (TPSA) is 58.4 Å². The van der Waals surface area contributed by atoms with E-state index in [1.807, 2.05) is 18.2 Å². The number of amides is 1. The van der Waals surface area contributed by atoms with Crippen molar-refractivity contribution in [3.8, 4) is 0 Å². The molecule has 1 heterocycles. The average molecular weight is 295 g/mol. The van der Waals surface area contributed by atoms with Gasteiger partial charge in [0.1, 0.15) is 0 Å². The number of aryl methyl sites for hydroxylation is 1. The molecule has 2 aromatic carbocycles. The van der Waals surface area contributed by atoms with E-state index in [1.165, 1.54) is 11.3 Å². The summed E-state index contributed by atoms with van der Waals surface area (Å²) in [5, 5.41) is 2.92. The Morgan fingerprint density at radius 3 is 2.91 bits per heavy atom. The van der Waals surface area contributed by atoms with Crippen molar-refractivity contribution in [1.29, 1.82) is 0 Å². The predicted octanol–water partition coefficient (Wildman–Crippen LogP) is 3.05. The molecule has 0 aromatic heterocycles. The lowest BCUT2D eigenvalue weighted by Gasteiger charge is -2.36. The molecule has 1 aliphatic rings. The van der Waals surface area contributed by atoms with Gasteiger partial charge in [0.25, 0.3) is 0 Å². The zero-order chi connectivity index (χ0) is 15.5. The van der Waals surface area contributed by atoms with E-state index >= 15 is 0 Å². The van der Waals surface area contributed by atoms with Gasteiger partial charge in [0, 0.05) is 23.1 Å². The molecule has 0 fully saturated rings. The highest BCUT2D eigenvalue weighted by atomic mass is 16.2. The van der Waals surface area contributed by atoms with Gasteiger partial charge in [-0.25, -0.2) is 0 Å². The van der Waals surface area contributed by atoms with Crippen molar-refractivity contribution in [3.63, 3.8) is 0 Å². The predicted molar refractivity (Wildman–Crippen MR) is 91.1 cm³/mol. The number of rotatable bonds is 3. The summed E-state index contributed by atoms with van der Waals surface area (Å²) in [5.41, 5.74) is 9.62. The lowest BCUT2D eigenvalue weighted by atomic mass is 9.96. The second kappa shape index (κ2) is 6.10. The Bertz CT molecular complexity index is 684. The first-order valence-electron chi connectivity index (χ1n) is 7.63. The SMILES string of the molecule is CC1CCc2ccccc2N1CC(=O)Nc1cccc(N)c1. The Morgan fingerprint density at radius 2 is 2.09 bits per heavy atom. The van der Waals surface area contributed by atoms with Crippen molar-refractivity contribution < 1.29 is 4.79 Å². The average Bonchev–Trinajstić information content (AvgIpc) is 2.50. The van der Waals surface area contributed by atoms with E-state index in [-0.39, 0.29) is 5.91 Å². The standard InChI is InChI=1S/C18H21N3O/c1-13-9-10-14-5-2-3-8-17(14)21(13)12-18(22)20-16-7-4-6-15(19)11-16/h2-8,11,13H,9-10,12,19H2,1H3,(H,20,22). The molecule has 114 valence electrons. The first-order valence-corrected chi connectivity index (χ1v) is 7.63. The van der Waals surface area contributed by atoms with Crippen molar-refractivity contribution in [2.45, 2.75) is 25.8 Å². The van der Waals surface area contributed by atoms with Gasteiger partial charge in [0.15, 0.2) is 0 Å². The maximum Gasteiger partial charge on any atom is 0.243 e. The zero-order valence-electron chi connectivity index (χ0n) is 12.8. The second-order valence-electron chi connectivity index (χ2n) is 5.82. The molecule has 3 N–H and O–H groups in total. The molecular weight excluding hydrogens is 274 g/mol. The largest absolute Gasteiger partial charge is 0.399 e. The molecule has 2 aromatic rings.